The average molecular weight is 390 g/mol. The van der Waals surface area contributed by atoms with Crippen molar-refractivity contribution in [3.05, 3.63) is 35.9 Å². The van der Waals surface area contributed by atoms with E-state index in [0.717, 1.165) is 16.9 Å². The van der Waals surface area contributed by atoms with Gasteiger partial charge in [0.1, 0.15) is 11.0 Å². The molecule has 0 saturated carbocycles. The Morgan fingerprint density at radius 1 is 1.19 bits per heavy atom. The van der Waals surface area contributed by atoms with Gasteiger partial charge in [0.05, 0.1) is 5.56 Å². The minimum absolute atomic E-state index is 0.162. The first-order valence-corrected chi connectivity index (χ1v) is 9.09. The van der Waals surface area contributed by atoms with Gasteiger partial charge in [0, 0.05) is 10.6 Å². The van der Waals surface area contributed by atoms with E-state index in [1.165, 1.54) is 0 Å². The molecule has 0 aliphatic carbocycles. The number of nitrogens with two attached hydrogens (primary N) is 2. The molecule has 0 fully saturated rings. The van der Waals surface area contributed by atoms with Crippen molar-refractivity contribution >= 4 is 39.9 Å². The van der Waals surface area contributed by atoms with Crippen molar-refractivity contribution < 1.29 is 19.5 Å². The molecule has 144 valence electrons. The van der Waals surface area contributed by atoms with Crippen LogP contribution in [0.25, 0.3) is 10.4 Å². The maximum absolute atomic E-state index is 11.6. The van der Waals surface area contributed by atoms with Crippen LogP contribution in [-0.4, -0.2) is 29.1 Å². The normalized spacial score (nSPS) is 11.8. The summed E-state index contributed by atoms with van der Waals surface area (Å²) >= 11 is 1.16. The number of nitrogens with one attached hydrogen (secondary N) is 2. The summed E-state index contributed by atoms with van der Waals surface area (Å²) in [6.45, 7) is 3.91. The third-order valence-electron chi connectivity index (χ3n) is 3.73. The first-order chi connectivity index (χ1) is 12.7. The lowest BCUT2D eigenvalue weighted by Gasteiger charge is -2.18. The number of primary amides is 2. The molecule has 0 unspecified atom stereocenters. The van der Waals surface area contributed by atoms with Gasteiger partial charge in [-0.2, -0.15) is 0 Å². The van der Waals surface area contributed by atoms with Crippen LogP contribution in [0.15, 0.2) is 30.3 Å². The number of hydrogen-bond acceptors (Lipinski definition) is 5. The third kappa shape index (κ3) is 5.45. The van der Waals surface area contributed by atoms with Gasteiger partial charge < -0.3 is 21.9 Å². The van der Waals surface area contributed by atoms with E-state index >= 15 is 0 Å². The Bertz CT molecular complexity index is 863. The van der Waals surface area contributed by atoms with E-state index in [-0.39, 0.29) is 16.5 Å². The first-order valence-electron chi connectivity index (χ1n) is 8.27. The topological polar surface area (TPSA) is 148 Å². The molecule has 7 N–H and O–H groups in total. The molecular formula is C18H22N4O4S. The number of urea groups is 1. The maximum Gasteiger partial charge on any atom is 0.326 e. The van der Waals surface area contributed by atoms with Gasteiger partial charge in [0.25, 0.3) is 5.91 Å². The molecule has 27 heavy (non-hydrogen) atoms. The minimum Gasteiger partial charge on any atom is -0.480 e. The van der Waals surface area contributed by atoms with Crippen LogP contribution in [0.3, 0.4) is 0 Å². The zero-order valence-electron chi connectivity index (χ0n) is 15.0. The van der Waals surface area contributed by atoms with E-state index in [9.17, 15) is 19.5 Å². The van der Waals surface area contributed by atoms with Crippen molar-refractivity contribution in [3.63, 3.8) is 0 Å². The summed E-state index contributed by atoms with van der Waals surface area (Å²) in [6.07, 6.45) is 0.483. The predicted molar refractivity (Wildman–Crippen MR) is 106 cm³/mol. The molecule has 0 spiro atoms. The van der Waals surface area contributed by atoms with Crippen molar-refractivity contribution in [3.8, 4) is 10.4 Å². The van der Waals surface area contributed by atoms with E-state index in [4.69, 9.17) is 11.5 Å². The number of carboxylic acid groups (broad SMARTS) is 1. The standard InChI is InChI=1S/C18H22N4O4S/c1-9(2)6-13(17(24)25)21-11-5-3-4-10(7-11)14-8-12(15(19)23)16(27-14)22-18(20)26/h3-5,7-9,13,21H,6H2,1-2H3,(H2,19,23)(H,24,25)(H3,20,22,26)/t13-/m0/s1. The fourth-order valence-corrected chi connectivity index (χ4v) is 3.64. The Morgan fingerprint density at radius 2 is 1.89 bits per heavy atom. The van der Waals surface area contributed by atoms with Crippen molar-refractivity contribution in [1.29, 1.82) is 0 Å². The summed E-state index contributed by atoms with van der Waals surface area (Å²) in [5.41, 5.74) is 12.0. The van der Waals surface area contributed by atoms with Gasteiger partial charge in [-0.15, -0.1) is 11.3 Å². The van der Waals surface area contributed by atoms with E-state index < -0.39 is 23.9 Å². The maximum atomic E-state index is 11.6. The van der Waals surface area contributed by atoms with Gasteiger partial charge in [-0.25, -0.2) is 9.59 Å². The summed E-state index contributed by atoms with van der Waals surface area (Å²) in [5, 5.41) is 15.1. The highest BCUT2D eigenvalue weighted by atomic mass is 32.1. The Morgan fingerprint density at radius 3 is 2.44 bits per heavy atom. The lowest BCUT2D eigenvalue weighted by Crippen LogP contribution is -2.30. The molecule has 8 nitrogen and oxygen atoms in total. The zero-order chi connectivity index (χ0) is 20.1. The number of rotatable bonds is 8. The van der Waals surface area contributed by atoms with Crippen LogP contribution in [0.1, 0.15) is 30.6 Å². The predicted octanol–water partition coefficient (Wildman–Crippen LogP) is 2.92. The van der Waals surface area contributed by atoms with Gasteiger partial charge in [-0.3, -0.25) is 10.1 Å². The molecule has 0 aliphatic rings. The number of anilines is 2. The van der Waals surface area contributed by atoms with Gasteiger partial charge >= 0.3 is 12.0 Å². The fraction of sp³-hybridized carbons (Fsp3) is 0.278. The number of aliphatic carboxylic acids is 1. The number of carboxylic acids is 1. The van der Waals surface area contributed by atoms with E-state index in [0.29, 0.717) is 17.0 Å². The number of hydrogen-bond donors (Lipinski definition) is 5. The van der Waals surface area contributed by atoms with Crippen molar-refractivity contribution in [2.24, 2.45) is 17.4 Å². The molecule has 1 heterocycles. The minimum atomic E-state index is -0.922. The van der Waals surface area contributed by atoms with Crippen molar-refractivity contribution in [1.82, 2.24) is 0 Å². The summed E-state index contributed by atoms with van der Waals surface area (Å²) in [6, 6.07) is 7.20. The number of amides is 3. The Labute approximate surface area is 160 Å². The molecule has 9 heteroatoms. The molecule has 1 aromatic heterocycles. The van der Waals surface area contributed by atoms with Crippen LogP contribution in [0, 0.1) is 5.92 Å². The molecule has 1 aromatic carbocycles. The molecule has 0 saturated heterocycles. The fourth-order valence-electron chi connectivity index (χ4n) is 2.58. The molecule has 3 amide bonds. The second-order valence-electron chi connectivity index (χ2n) is 6.45. The Balaban J connectivity index is 2.33. The first kappa shape index (κ1) is 20.2. The quantitative estimate of drug-likeness (QED) is 0.470. The van der Waals surface area contributed by atoms with E-state index in [1.54, 1.807) is 24.3 Å². The van der Waals surface area contributed by atoms with Crippen LogP contribution < -0.4 is 22.1 Å². The van der Waals surface area contributed by atoms with Gasteiger partial charge in [0.2, 0.25) is 0 Å². The van der Waals surface area contributed by atoms with Crippen LogP contribution in [0.5, 0.6) is 0 Å². The highest BCUT2D eigenvalue weighted by Gasteiger charge is 2.19. The highest BCUT2D eigenvalue weighted by Crippen LogP contribution is 2.36. The van der Waals surface area contributed by atoms with Gasteiger partial charge in [-0.05, 0) is 36.1 Å². The van der Waals surface area contributed by atoms with Crippen LogP contribution in [0.4, 0.5) is 15.5 Å². The summed E-state index contributed by atoms with van der Waals surface area (Å²) < 4.78 is 0. The molecule has 0 aliphatic heterocycles. The summed E-state index contributed by atoms with van der Waals surface area (Å²) in [7, 11) is 0. The SMILES string of the molecule is CC(C)C[C@H](Nc1cccc(-c2cc(C(N)=O)c(NC(N)=O)s2)c1)C(=O)O. The largest absolute Gasteiger partial charge is 0.480 e. The highest BCUT2D eigenvalue weighted by molar-refractivity contribution is 7.20. The molecular weight excluding hydrogens is 368 g/mol. The third-order valence-corrected chi connectivity index (χ3v) is 4.83. The Kier molecular flexibility index (Phi) is 6.40. The Hall–Kier alpha value is -3.07. The zero-order valence-corrected chi connectivity index (χ0v) is 15.8. The average Bonchev–Trinajstić information content (AvgIpc) is 2.97. The number of benzene rings is 1. The van der Waals surface area contributed by atoms with Crippen LogP contribution in [-0.2, 0) is 4.79 Å². The molecule has 1 atom stereocenters. The molecule has 2 aromatic rings. The van der Waals surface area contributed by atoms with E-state index in [1.807, 2.05) is 19.9 Å². The number of carbonyl (C=O) groups is 3. The lowest BCUT2D eigenvalue weighted by molar-refractivity contribution is -0.138. The van der Waals surface area contributed by atoms with Gasteiger partial charge in [-0.1, -0.05) is 26.0 Å². The smallest absolute Gasteiger partial charge is 0.326 e. The second kappa shape index (κ2) is 8.54. The van der Waals surface area contributed by atoms with Crippen molar-refractivity contribution in [2.75, 3.05) is 10.6 Å². The molecule has 0 radical (unpaired) electrons. The lowest BCUT2D eigenvalue weighted by atomic mass is 10.0. The monoisotopic (exact) mass is 390 g/mol. The van der Waals surface area contributed by atoms with Crippen LogP contribution in [0.2, 0.25) is 0 Å². The summed E-state index contributed by atoms with van der Waals surface area (Å²) in [5.74, 6) is -1.38. The molecule has 0 bridgehead atoms. The number of thiophene rings is 1. The van der Waals surface area contributed by atoms with Crippen molar-refractivity contribution in [2.45, 2.75) is 26.3 Å². The van der Waals surface area contributed by atoms with Crippen LogP contribution >= 0.6 is 11.3 Å². The second-order valence-corrected chi connectivity index (χ2v) is 7.50. The van der Waals surface area contributed by atoms with Gasteiger partial charge in [0.15, 0.2) is 0 Å². The van der Waals surface area contributed by atoms with E-state index in [2.05, 4.69) is 10.6 Å². The molecule has 2 rings (SSSR count). The summed E-state index contributed by atoms with van der Waals surface area (Å²) in [4.78, 5) is 34.9. The number of carbonyl (C=O) groups excluding carboxylic acids is 2.